The summed E-state index contributed by atoms with van der Waals surface area (Å²) in [7, 11) is 0. The summed E-state index contributed by atoms with van der Waals surface area (Å²) < 4.78 is 5.70. The normalized spacial score (nSPS) is 11.9. The molecule has 0 aromatic heterocycles. The van der Waals surface area contributed by atoms with Crippen LogP contribution in [0.5, 0.6) is 5.75 Å². The van der Waals surface area contributed by atoms with Crippen LogP contribution in [0.2, 0.25) is 0 Å². The highest BCUT2D eigenvalue weighted by Crippen LogP contribution is 2.21. The molecule has 0 spiro atoms. The van der Waals surface area contributed by atoms with Gasteiger partial charge in [0.05, 0.1) is 5.56 Å². The molecule has 2 N–H and O–H groups in total. The molecule has 1 atom stereocenters. The van der Waals surface area contributed by atoms with E-state index in [1.165, 1.54) is 5.56 Å². The number of carbonyl (C=O) groups is 1. The molecule has 0 radical (unpaired) electrons. The molecule has 1 unspecified atom stereocenters. The Bertz CT molecular complexity index is 657. The van der Waals surface area contributed by atoms with Crippen molar-refractivity contribution in [3.05, 3.63) is 65.7 Å². The maximum atomic E-state index is 12.6. The maximum Gasteiger partial charge on any atom is 0.166 e. The van der Waals surface area contributed by atoms with Crippen LogP contribution in [-0.4, -0.2) is 36.7 Å². The van der Waals surface area contributed by atoms with Crippen LogP contribution in [0.25, 0.3) is 0 Å². The molecule has 0 bridgehead atoms. The molecule has 0 amide bonds. The first-order valence-electron chi connectivity index (χ1n) is 9.38. The molecular weight excluding hydrogens is 326 g/mol. The van der Waals surface area contributed by atoms with Crippen molar-refractivity contribution in [3.63, 3.8) is 0 Å². The summed E-state index contributed by atoms with van der Waals surface area (Å²) in [5, 5.41) is 13.1. The Morgan fingerprint density at radius 2 is 1.85 bits per heavy atom. The van der Waals surface area contributed by atoms with Crippen molar-refractivity contribution in [1.29, 1.82) is 0 Å². The number of aliphatic hydroxyl groups is 1. The Balaban J connectivity index is 1.83. The zero-order valence-corrected chi connectivity index (χ0v) is 15.5. The van der Waals surface area contributed by atoms with E-state index in [1.54, 1.807) is 12.1 Å². The van der Waals surface area contributed by atoms with E-state index in [4.69, 9.17) is 4.74 Å². The molecule has 26 heavy (non-hydrogen) atoms. The van der Waals surface area contributed by atoms with Gasteiger partial charge in [0.2, 0.25) is 0 Å². The van der Waals surface area contributed by atoms with E-state index in [1.807, 2.05) is 30.3 Å². The molecule has 2 aromatic rings. The number of hydrogen-bond acceptors (Lipinski definition) is 4. The number of para-hydroxylation sites is 1. The van der Waals surface area contributed by atoms with Gasteiger partial charge in [-0.15, -0.1) is 0 Å². The first kappa shape index (κ1) is 20.1. The number of aryl methyl sites for hydroxylation is 1. The lowest BCUT2D eigenvalue weighted by Gasteiger charge is -2.15. The van der Waals surface area contributed by atoms with Crippen LogP contribution in [0.1, 0.15) is 42.1 Å². The van der Waals surface area contributed by atoms with Gasteiger partial charge in [0.1, 0.15) is 18.5 Å². The van der Waals surface area contributed by atoms with Crippen LogP contribution < -0.4 is 10.1 Å². The maximum absolute atomic E-state index is 12.6. The number of ether oxygens (including phenoxy) is 1. The van der Waals surface area contributed by atoms with E-state index in [2.05, 4.69) is 24.4 Å². The molecular formula is C22H29NO3. The monoisotopic (exact) mass is 355 g/mol. The fourth-order valence-corrected chi connectivity index (χ4v) is 2.75. The molecule has 140 valence electrons. The third-order valence-electron chi connectivity index (χ3n) is 4.14. The molecule has 0 aliphatic rings. The van der Waals surface area contributed by atoms with E-state index in [9.17, 15) is 9.90 Å². The molecule has 2 aromatic carbocycles. The molecule has 2 rings (SSSR count). The Labute approximate surface area is 156 Å². The third kappa shape index (κ3) is 6.98. The lowest BCUT2D eigenvalue weighted by atomic mass is 10.0. The van der Waals surface area contributed by atoms with Gasteiger partial charge in [0.15, 0.2) is 5.78 Å². The first-order valence-corrected chi connectivity index (χ1v) is 9.38. The highest BCUT2D eigenvalue weighted by molar-refractivity contribution is 5.98. The van der Waals surface area contributed by atoms with Crippen LogP contribution >= 0.6 is 0 Å². The van der Waals surface area contributed by atoms with Gasteiger partial charge in [-0.1, -0.05) is 49.4 Å². The fraction of sp³-hybridized carbons (Fsp3) is 0.409. The second kappa shape index (κ2) is 11.4. The largest absolute Gasteiger partial charge is 0.490 e. The van der Waals surface area contributed by atoms with Crippen molar-refractivity contribution in [2.45, 2.75) is 38.7 Å². The Kier molecular flexibility index (Phi) is 8.87. The summed E-state index contributed by atoms with van der Waals surface area (Å²) >= 11 is 0. The zero-order valence-electron chi connectivity index (χ0n) is 15.5. The van der Waals surface area contributed by atoms with Crippen LogP contribution in [0, 0.1) is 0 Å². The van der Waals surface area contributed by atoms with Crippen molar-refractivity contribution in [2.75, 3.05) is 19.7 Å². The molecule has 0 aliphatic carbocycles. The predicted octanol–water partition coefficient (Wildman–Crippen LogP) is 3.63. The lowest BCUT2D eigenvalue weighted by molar-refractivity contribution is 0.0948. The molecule has 0 saturated heterocycles. The number of ketones is 1. The van der Waals surface area contributed by atoms with Gasteiger partial charge in [-0.25, -0.2) is 0 Å². The van der Waals surface area contributed by atoms with Crippen LogP contribution in [0.15, 0.2) is 54.6 Å². The van der Waals surface area contributed by atoms with E-state index < -0.39 is 6.10 Å². The topological polar surface area (TPSA) is 58.6 Å². The van der Waals surface area contributed by atoms with Crippen LogP contribution in [0.4, 0.5) is 0 Å². The van der Waals surface area contributed by atoms with Crippen molar-refractivity contribution in [1.82, 2.24) is 5.32 Å². The average Bonchev–Trinajstić information content (AvgIpc) is 2.67. The average molecular weight is 355 g/mol. The van der Waals surface area contributed by atoms with Gasteiger partial charge in [0.25, 0.3) is 0 Å². The van der Waals surface area contributed by atoms with Crippen molar-refractivity contribution < 1.29 is 14.6 Å². The summed E-state index contributed by atoms with van der Waals surface area (Å²) in [4.78, 5) is 12.6. The predicted molar refractivity (Wildman–Crippen MR) is 105 cm³/mol. The zero-order chi connectivity index (χ0) is 18.6. The SMILES string of the molecule is CCCNCC(O)COc1ccccc1C(=O)CCCc1ccccc1. The molecule has 4 heteroatoms. The van der Waals surface area contributed by atoms with Crippen LogP contribution in [0.3, 0.4) is 0 Å². The first-order chi connectivity index (χ1) is 12.7. The van der Waals surface area contributed by atoms with Gasteiger partial charge in [-0.05, 0) is 43.5 Å². The minimum Gasteiger partial charge on any atom is -0.490 e. The highest BCUT2D eigenvalue weighted by atomic mass is 16.5. The molecule has 0 fully saturated rings. The summed E-state index contributed by atoms with van der Waals surface area (Å²) in [6, 6.07) is 17.5. The lowest BCUT2D eigenvalue weighted by Crippen LogP contribution is -2.32. The number of carbonyl (C=O) groups excluding carboxylic acids is 1. The van der Waals surface area contributed by atoms with Gasteiger partial charge in [-0.3, -0.25) is 4.79 Å². The van der Waals surface area contributed by atoms with Crippen molar-refractivity contribution >= 4 is 5.78 Å². The number of aliphatic hydroxyl groups excluding tert-OH is 1. The van der Waals surface area contributed by atoms with Crippen LogP contribution in [-0.2, 0) is 6.42 Å². The minimum atomic E-state index is -0.595. The Morgan fingerprint density at radius 1 is 1.12 bits per heavy atom. The Hall–Kier alpha value is -2.17. The number of Topliss-reactive ketones (excluding diaryl/α,β-unsaturated/α-hetero) is 1. The van der Waals surface area contributed by atoms with E-state index in [-0.39, 0.29) is 12.4 Å². The van der Waals surface area contributed by atoms with Gasteiger partial charge in [0, 0.05) is 13.0 Å². The number of benzene rings is 2. The van der Waals surface area contributed by atoms with Crippen molar-refractivity contribution in [2.24, 2.45) is 0 Å². The molecule has 0 heterocycles. The summed E-state index contributed by atoms with van der Waals surface area (Å²) in [5.74, 6) is 0.627. The van der Waals surface area contributed by atoms with E-state index in [0.717, 1.165) is 25.8 Å². The van der Waals surface area contributed by atoms with Crippen molar-refractivity contribution in [3.8, 4) is 5.75 Å². The fourth-order valence-electron chi connectivity index (χ4n) is 2.75. The molecule has 0 aliphatic heterocycles. The van der Waals surface area contributed by atoms with Gasteiger partial charge < -0.3 is 15.2 Å². The third-order valence-corrected chi connectivity index (χ3v) is 4.14. The summed E-state index contributed by atoms with van der Waals surface area (Å²) in [6.45, 7) is 3.61. The minimum absolute atomic E-state index is 0.0788. The Morgan fingerprint density at radius 3 is 2.62 bits per heavy atom. The number of nitrogens with one attached hydrogen (secondary N) is 1. The standard InChI is InChI=1S/C22H29NO3/c1-2-15-23-16-19(24)17-26-22-14-7-6-12-20(22)21(25)13-8-11-18-9-4-3-5-10-18/h3-7,9-10,12,14,19,23-24H,2,8,11,13,15-17H2,1H3. The second-order valence-corrected chi connectivity index (χ2v) is 6.43. The second-order valence-electron chi connectivity index (χ2n) is 6.43. The van der Waals surface area contributed by atoms with Gasteiger partial charge in [-0.2, -0.15) is 0 Å². The molecule has 4 nitrogen and oxygen atoms in total. The van der Waals surface area contributed by atoms with E-state index >= 15 is 0 Å². The van der Waals surface area contributed by atoms with Gasteiger partial charge >= 0.3 is 0 Å². The highest BCUT2D eigenvalue weighted by Gasteiger charge is 2.13. The number of hydrogen-bond donors (Lipinski definition) is 2. The smallest absolute Gasteiger partial charge is 0.166 e. The quantitative estimate of drug-likeness (QED) is 0.451. The van der Waals surface area contributed by atoms with E-state index in [0.29, 0.717) is 24.3 Å². The number of rotatable bonds is 12. The summed E-state index contributed by atoms with van der Waals surface area (Å²) in [5.41, 5.74) is 1.84. The molecule has 0 saturated carbocycles. The summed E-state index contributed by atoms with van der Waals surface area (Å²) in [6.07, 6.45) is 2.60.